The Morgan fingerprint density at radius 2 is 2.00 bits per heavy atom. The van der Waals surface area contributed by atoms with Gasteiger partial charge in [-0.25, -0.2) is 8.42 Å². The Labute approximate surface area is 196 Å². The Kier molecular flexibility index (Phi) is 7.06. The molecule has 0 aliphatic carbocycles. The number of nitrogens with zero attached hydrogens (tertiary/aromatic N) is 2. The molecule has 3 heterocycles. The van der Waals surface area contributed by atoms with Crippen LogP contribution in [0.5, 0.6) is 0 Å². The Morgan fingerprint density at radius 1 is 1.22 bits per heavy atom. The number of sulfonamides is 1. The fourth-order valence-corrected chi connectivity index (χ4v) is 7.08. The zero-order chi connectivity index (χ0) is 22.9. The highest BCUT2D eigenvalue weighted by atomic mass is 35.5. The van der Waals surface area contributed by atoms with Crippen molar-refractivity contribution in [3.63, 3.8) is 0 Å². The second-order valence-electron chi connectivity index (χ2n) is 8.35. The Hall–Kier alpha value is -1.72. The van der Waals surface area contributed by atoms with Crippen LogP contribution in [0.4, 0.5) is 0 Å². The predicted octanol–water partition coefficient (Wildman–Crippen LogP) is 2.05. The van der Waals surface area contributed by atoms with Crippen LogP contribution in [-0.2, 0) is 19.6 Å². The van der Waals surface area contributed by atoms with E-state index in [1.165, 1.54) is 4.90 Å². The van der Waals surface area contributed by atoms with Crippen molar-refractivity contribution in [3.05, 3.63) is 29.3 Å². The number of likely N-dealkylation sites (tertiary alicyclic amines) is 2. The van der Waals surface area contributed by atoms with Crippen LogP contribution in [0.25, 0.3) is 10.1 Å². The molecule has 174 valence electrons. The molecule has 0 spiro atoms. The van der Waals surface area contributed by atoms with Crippen LogP contribution in [0.1, 0.15) is 25.7 Å². The molecule has 2 saturated heterocycles. The summed E-state index contributed by atoms with van der Waals surface area (Å²) in [6, 6.07) is 5.82. The van der Waals surface area contributed by atoms with E-state index >= 15 is 0 Å². The standard InChI is InChI=1S/C21H26ClN3O5S2/c22-16-5-6-18-15(9-16)10-20(31-18)32(29,30)23-17-4-2-8-25(21(17)28)12-19(27)24-7-1-3-14(11-24)13-26/h5-6,9-10,14,17,23,26H,1-4,7-8,11-13H2. The number of aliphatic hydroxyl groups is 1. The first kappa shape index (κ1) is 23.4. The molecule has 0 radical (unpaired) electrons. The monoisotopic (exact) mass is 499 g/mol. The Bertz CT molecular complexity index is 1120. The summed E-state index contributed by atoms with van der Waals surface area (Å²) >= 11 is 7.11. The van der Waals surface area contributed by atoms with Gasteiger partial charge in [-0.3, -0.25) is 9.59 Å². The van der Waals surface area contributed by atoms with Crippen molar-refractivity contribution in [1.82, 2.24) is 14.5 Å². The van der Waals surface area contributed by atoms with Gasteiger partial charge in [0, 0.05) is 36.0 Å². The quantitative estimate of drug-likeness (QED) is 0.632. The van der Waals surface area contributed by atoms with E-state index in [1.807, 2.05) is 0 Å². The fourth-order valence-electron chi connectivity index (χ4n) is 4.28. The van der Waals surface area contributed by atoms with Gasteiger partial charge in [0.2, 0.25) is 11.8 Å². The molecule has 2 atom stereocenters. The lowest BCUT2D eigenvalue weighted by Gasteiger charge is -2.36. The van der Waals surface area contributed by atoms with Crippen molar-refractivity contribution in [2.24, 2.45) is 5.92 Å². The smallest absolute Gasteiger partial charge is 0.250 e. The number of rotatable bonds is 6. The number of carbonyl (C=O) groups is 2. The van der Waals surface area contributed by atoms with Gasteiger partial charge in [0.15, 0.2) is 0 Å². The van der Waals surface area contributed by atoms with Crippen molar-refractivity contribution in [3.8, 4) is 0 Å². The van der Waals surface area contributed by atoms with E-state index in [9.17, 15) is 23.1 Å². The minimum absolute atomic E-state index is 0.0419. The van der Waals surface area contributed by atoms with Gasteiger partial charge in [-0.15, -0.1) is 11.3 Å². The van der Waals surface area contributed by atoms with E-state index in [2.05, 4.69) is 4.72 Å². The molecule has 11 heteroatoms. The third kappa shape index (κ3) is 5.09. The van der Waals surface area contributed by atoms with Gasteiger partial charge in [0.25, 0.3) is 10.0 Å². The molecule has 2 N–H and O–H groups in total. The predicted molar refractivity (Wildman–Crippen MR) is 123 cm³/mol. The molecule has 1 aromatic carbocycles. The van der Waals surface area contributed by atoms with Crippen LogP contribution in [-0.4, -0.2) is 74.0 Å². The Balaban J connectivity index is 1.42. The summed E-state index contributed by atoms with van der Waals surface area (Å²) in [5.41, 5.74) is 0. The zero-order valence-corrected chi connectivity index (χ0v) is 19.9. The lowest BCUT2D eigenvalue weighted by atomic mass is 9.99. The number of hydrogen-bond donors (Lipinski definition) is 2. The maximum Gasteiger partial charge on any atom is 0.250 e. The average molecular weight is 500 g/mol. The van der Waals surface area contributed by atoms with Crippen LogP contribution < -0.4 is 4.72 Å². The highest BCUT2D eigenvalue weighted by Crippen LogP contribution is 2.31. The van der Waals surface area contributed by atoms with Crippen LogP contribution in [0.15, 0.2) is 28.5 Å². The van der Waals surface area contributed by atoms with Crippen LogP contribution in [0.2, 0.25) is 5.02 Å². The summed E-state index contributed by atoms with van der Waals surface area (Å²) in [5.74, 6) is -0.477. The van der Waals surface area contributed by atoms with Gasteiger partial charge in [-0.05, 0) is 61.3 Å². The highest BCUT2D eigenvalue weighted by Gasteiger charge is 2.35. The van der Waals surface area contributed by atoms with E-state index in [1.54, 1.807) is 29.2 Å². The lowest BCUT2D eigenvalue weighted by molar-refractivity contribution is -0.144. The summed E-state index contributed by atoms with van der Waals surface area (Å²) < 4.78 is 29.3. The third-order valence-corrected chi connectivity index (χ3v) is 9.30. The molecule has 32 heavy (non-hydrogen) atoms. The van der Waals surface area contributed by atoms with E-state index < -0.39 is 16.1 Å². The molecule has 2 unspecified atom stereocenters. The number of benzene rings is 1. The van der Waals surface area contributed by atoms with E-state index in [-0.39, 0.29) is 35.1 Å². The molecule has 1 aromatic heterocycles. The minimum Gasteiger partial charge on any atom is -0.396 e. The number of piperidine rings is 2. The number of fused-ring (bicyclic) bond motifs is 1. The first-order valence-corrected chi connectivity index (χ1v) is 13.3. The van der Waals surface area contributed by atoms with Gasteiger partial charge in [-0.2, -0.15) is 4.72 Å². The Morgan fingerprint density at radius 3 is 2.78 bits per heavy atom. The molecular weight excluding hydrogens is 474 g/mol. The number of halogens is 1. The fraction of sp³-hybridized carbons (Fsp3) is 0.524. The highest BCUT2D eigenvalue weighted by molar-refractivity contribution is 7.91. The number of thiophene rings is 1. The number of nitrogens with one attached hydrogen (secondary N) is 1. The molecule has 2 aromatic rings. The number of hydrogen-bond acceptors (Lipinski definition) is 6. The topological polar surface area (TPSA) is 107 Å². The molecule has 2 amide bonds. The van der Waals surface area contributed by atoms with Crippen LogP contribution >= 0.6 is 22.9 Å². The number of carbonyl (C=O) groups excluding carboxylic acids is 2. The first-order chi connectivity index (χ1) is 15.3. The third-order valence-electron chi connectivity index (χ3n) is 6.00. The molecule has 2 aliphatic heterocycles. The van der Waals surface area contributed by atoms with E-state index in [0.29, 0.717) is 37.5 Å². The van der Waals surface area contributed by atoms with Gasteiger partial charge < -0.3 is 14.9 Å². The lowest BCUT2D eigenvalue weighted by Crippen LogP contribution is -2.55. The summed E-state index contributed by atoms with van der Waals surface area (Å²) in [6.45, 7) is 1.49. The number of amides is 2. The van der Waals surface area contributed by atoms with E-state index in [4.69, 9.17) is 11.6 Å². The normalized spacial score (nSPS) is 22.5. The van der Waals surface area contributed by atoms with E-state index in [0.717, 1.165) is 34.3 Å². The van der Waals surface area contributed by atoms with Gasteiger partial charge in [0.05, 0.1) is 6.54 Å². The van der Waals surface area contributed by atoms with Crippen LogP contribution in [0.3, 0.4) is 0 Å². The maximum absolute atomic E-state index is 13.0. The van der Waals surface area contributed by atoms with Crippen molar-refractivity contribution < 1.29 is 23.1 Å². The molecule has 2 aliphatic rings. The van der Waals surface area contributed by atoms with Crippen molar-refractivity contribution in [1.29, 1.82) is 0 Å². The second-order valence-corrected chi connectivity index (χ2v) is 11.8. The summed E-state index contributed by atoms with van der Waals surface area (Å²) in [7, 11) is -3.90. The second kappa shape index (κ2) is 9.64. The van der Waals surface area contributed by atoms with Crippen molar-refractivity contribution in [2.75, 3.05) is 32.8 Å². The molecule has 0 saturated carbocycles. The molecular formula is C21H26ClN3O5S2. The molecule has 0 bridgehead atoms. The van der Waals surface area contributed by atoms with Crippen molar-refractivity contribution >= 4 is 54.9 Å². The maximum atomic E-state index is 13.0. The largest absolute Gasteiger partial charge is 0.396 e. The van der Waals surface area contributed by atoms with Crippen molar-refractivity contribution in [2.45, 2.75) is 35.9 Å². The molecule has 8 nitrogen and oxygen atoms in total. The minimum atomic E-state index is -3.90. The zero-order valence-electron chi connectivity index (χ0n) is 17.5. The average Bonchev–Trinajstić information content (AvgIpc) is 3.20. The van der Waals surface area contributed by atoms with Crippen LogP contribution in [0, 0.1) is 5.92 Å². The molecule has 2 fully saturated rings. The van der Waals surface area contributed by atoms with Gasteiger partial charge >= 0.3 is 0 Å². The summed E-state index contributed by atoms with van der Waals surface area (Å²) in [5, 5.41) is 10.6. The SMILES string of the molecule is O=C(CN1CCCC(NS(=O)(=O)c2cc3cc(Cl)ccc3s2)C1=O)N1CCCC(CO)C1. The summed E-state index contributed by atoms with van der Waals surface area (Å²) in [4.78, 5) is 28.8. The van der Waals surface area contributed by atoms with Gasteiger partial charge in [-0.1, -0.05) is 11.6 Å². The van der Waals surface area contributed by atoms with Gasteiger partial charge in [0.1, 0.15) is 10.3 Å². The number of aliphatic hydroxyl groups excluding tert-OH is 1. The summed E-state index contributed by atoms with van der Waals surface area (Å²) in [6.07, 6.45) is 2.70. The molecule has 4 rings (SSSR count). The first-order valence-electron chi connectivity index (χ1n) is 10.7.